The van der Waals surface area contributed by atoms with Crippen LogP contribution in [0.25, 0.3) is 11.1 Å². The zero-order chi connectivity index (χ0) is 21.9. The van der Waals surface area contributed by atoms with E-state index >= 15 is 0 Å². The first-order valence-corrected chi connectivity index (χ1v) is 10.2. The molecule has 0 saturated carbocycles. The number of methoxy groups -OCH3 is 1. The molecule has 0 aliphatic rings. The molecule has 3 rings (SSSR count). The van der Waals surface area contributed by atoms with Crippen LogP contribution in [0.5, 0.6) is 5.75 Å². The summed E-state index contributed by atoms with van der Waals surface area (Å²) >= 11 is 0. The lowest BCUT2D eigenvalue weighted by atomic mass is 10.0. The number of ether oxygens (including phenoxy) is 1. The molecule has 0 atom stereocenters. The van der Waals surface area contributed by atoms with Gasteiger partial charge in [-0.1, -0.05) is 32.0 Å². The quantitative estimate of drug-likeness (QED) is 0.529. The predicted molar refractivity (Wildman–Crippen MR) is 123 cm³/mol. The number of likely N-dealkylation sites (N-methyl/N-ethyl adjacent to an activating group) is 1. The maximum atomic E-state index is 11.5. The monoisotopic (exact) mass is 408 g/mol. The summed E-state index contributed by atoms with van der Waals surface area (Å²) in [6, 6.07) is 14.2. The highest BCUT2D eigenvalue weighted by atomic mass is 16.5. The Morgan fingerprint density at radius 2 is 1.93 bits per heavy atom. The van der Waals surface area contributed by atoms with Crippen molar-refractivity contribution in [3.05, 3.63) is 66.0 Å². The van der Waals surface area contributed by atoms with Gasteiger partial charge >= 0.3 is 0 Å². The Morgan fingerprint density at radius 1 is 1.13 bits per heavy atom. The van der Waals surface area contributed by atoms with E-state index in [2.05, 4.69) is 40.2 Å². The minimum absolute atomic E-state index is 0.562. The van der Waals surface area contributed by atoms with Crippen molar-refractivity contribution in [1.29, 1.82) is 0 Å². The normalized spacial score (nSPS) is 10.0. The van der Waals surface area contributed by atoms with Crippen LogP contribution in [-0.2, 0) is 11.3 Å². The molecule has 6 nitrogen and oxygen atoms in total. The van der Waals surface area contributed by atoms with Gasteiger partial charge in [-0.15, -0.1) is 0 Å². The van der Waals surface area contributed by atoms with Crippen LogP contribution >= 0.6 is 0 Å². The van der Waals surface area contributed by atoms with E-state index in [0.717, 1.165) is 35.5 Å². The van der Waals surface area contributed by atoms with Crippen molar-refractivity contribution in [2.75, 3.05) is 32.1 Å². The second-order valence-corrected chi connectivity index (χ2v) is 6.84. The standard InChI is InChI=1S/C22H26N4O2.C2H6/c1-17-11-20(7-8-22(17)19-13-23-24-14-19)25(2)9-10-26(16-27)15-18-5-4-6-21(12-18)28-3;1-2/h4-8,11-14,16H,9-10,15H2,1-3H3,(H,23,24);1-2H3. The number of hydrogen-bond acceptors (Lipinski definition) is 4. The van der Waals surface area contributed by atoms with Gasteiger partial charge in [0.05, 0.1) is 13.3 Å². The highest BCUT2D eigenvalue weighted by Gasteiger charge is 2.09. The lowest BCUT2D eigenvalue weighted by Gasteiger charge is -2.24. The van der Waals surface area contributed by atoms with Crippen molar-refractivity contribution in [2.45, 2.75) is 27.3 Å². The summed E-state index contributed by atoms with van der Waals surface area (Å²) in [5.74, 6) is 0.800. The Morgan fingerprint density at radius 3 is 2.57 bits per heavy atom. The molecule has 2 aromatic carbocycles. The number of aromatic amines is 1. The Bertz CT molecular complexity index is 909. The predicted octanol–water partition coefficient (Wildman–Crippen LogP) is 4.51. The van der Waals surface area contributed by atoms with Crippen LogP contribution in [0, 0.1) is 6.92 Å². The number of carbonyl (C=O) groups excluding carboxylic acids is 1. The van der Waals surface area contributed by atoms with Gasteiger partial charge in [-0.2, -0.15) is 5.10 Å². The molecule has 0 unspecified atom stereocenters. The molecule has 30 heavy (non-hydrogen) atoms. The van der Waals surface area contributed by atoms with Crippen LogP contribution in [0.15, 0.2) is 54.9 Å². The van der Waals surface area contributed by atoms with Gasteiger partial charge in [-0.25, -0.2) is 0 Å². The van der Waals surface area contributed by atoms with E-state index in [1.165, 1.54) is 11.1 Å². The largest absolute Gasteiger partial charge is 0.497 e. The Hall–Kier alpha value is -3.28. The third-order valence-corrected chi connectivity index (χ3v) is 4.85. The summed E-state index contributed by atoms with van der Waals surface area (Å²) in [4.78, 5) is 15.4. The molecule has 0 saturated heterocycles. The molecule has 0 fully saturated rings. The summed E-state index contributed by atoms with van der Waals surface area (Å²) in [6.45, 7) is 8.04. The number of aryl methyl sites for hydroxylation is 1. The number of nitrogens with one attached hydrogen (secondary N) is 1. The second-order valence-electron chi connectivity index (χ2n) is 6.84. The average Bonchev–Trinajstić information content (AvgIpc) is 3.32. The molecule has 1 aromatic heterocycles. The Labute approximate surface area is 179 Å². The van der Waals surface area contributed by atoms with Crippen LogP contribution in [0.2, 0.25) is 0 Å². The number of rotatable bonds is 9. The molecule has 0 bridgehead atoms. The number of H-pyrrole nitrogens is 1. The van der Waals surface area contributed by atoms with E-state index < -0.39 is 0 Å². The molecule has 1 N–H and O–H groups in total. The minimum Gasteiger partial charge on any atom is -0.497 e. The Balaban J connectivity index is 0.00000155. The van der Waals surface area contributed by atoms with Gasteiger partial charge in [0, 0.05) is 44.1 Å². The van der Waals surface area contributed by atoms with Crippen molar-refractivity contribution in [3.8, 4) is 16.9 Å². The summed E-state index contributed by atoms with van der Waals surface area (Å²) in [6.07, 6.45) is 4.62. The van der Waals surface area contributed by atoms with Gasteiger partial charge in [0.25, 0.3) is 0 Å². The lowest BCUT2D eigenvalue weighted by Crippen LogP contribution is -2.32. The van der Waals surface area contributed by atoms with E-state index in [4.69, 9.17) is 4.74 Å². The van der Waals surface area contributed by atoms with E-state index in [0.29, 0.717) is 13.1 Å². The van der Waals surface area contributed by atoms with Crippen LogP contribution in [0.3, 0.4) is 0 Å². The van der Waals surface area contributed by atoms with Crippen molar-refractivity contribution in [3.63, 3.8) is 0 Å². The average molecular weight is 409 g/mol. The summed E-state index contributed by atoms with van der Waals surface area (Å²) in [5, 5.41) is 6.87. The third-order valence-electron chi connectivity index (χ3n) is 4.85. The second kappa shape index (κ2) is 11.7. The molecular weight excluding hydrogens is 376 g/mol. The van der Waals surface area contributed by atoms with E-state index in [1.54, 1.807) is 12.0 Å². The first kappa shape index (κ1) is 23.0. The number of benzene rings is 2. The maximum absolute atomic E-state index is 11.5. The van der Waals surface area contributed by atoms with Gasteiger partial charge in [0.15, 0.2) is 0 Å². The van der Waals surface area contributed by atoms with E-state index in [1.807, 2.05) is 57.6 Å². The fraction of sp³-hybridized carbons (Fsp3) is 0.333. The van der Waals surface area contributed by atoms with Crippen molar-refractivity contribution < 1.29 is 9.53 Å². The molecule has 3 aromatic rings. The summed E-state index contributed by atoms with van der Waals surface area (Å²) < 4.78 is 5.25. The number of amides is 1. The SMILES string of the molecule is CC.COc1cccc(CN(C=O)CCN(C)c2ccc(-c3cn[nH]c3)c(C)c2)c1. The zero-order valence-electron chi connectivity index (χ0n) is 18.6. The topological polar surface area (TPSA) is 61.5 Å². The number of carbonyl (C=O) groups is 1. The van der Waals surface area contributed by atoms with E-state index in [-0.39, 0.29) is 0 Å². The van der Waals surface area contributed by atoms with Crippen LogP contribution < -0.4 is 9.64 Å². The number of anilines is 1. The van der Waals surface area contributed by atoms with Crippen molar-refractivity contribution in [2.24, 2.45) is 0 Å². The lowest BCUT2D eigenvalue weighted by molar-refractivity contribution is -0.118. The van der Waals surface area contributed by atoms with Crippen molar-refractivity contribution in [1.82, 2.24) is 15.1 Å². The molecule has 1 heterocycles. The van der Waals surface area contributed by atoms with Gasteiger partial charge in [0.1, 0.15) is 5.75 Å². The fourth-order valence-electron chi connectivity index (χ4n) is 3.19. The first-order chi connectivity index (χ1) is 14.6. The van der Waals surface area contributed by atoms with Crippen molar-refractivity contribution >= 4 is 12.1 Å². The number of nitrogens with zero attached hydrogens (tertiary/aromatic N) is 3. The van der Waals surface area contributed by atoms with Gasteiger partial charge in [-0.3, -0.25) is 9.89 Å². The summed E-state index contributed by atoms with van der Waals surface area (Å²) in [5.41, 5.74) is 5.61. The van der Waals surface area contributed by atoms with Crippen LogP contribution in [0.4, 0.5) is 5.69 Å². The van der Waals surface area contributed by atoms with Gasteiger partial charge in [0.2, 0.25) is 6.41 Å². The summed E-state index contributed by atoms with van der Waals surface area (Å²) in [7, 11) is 3.69. The first-order valence-electron chi connectivity index (χ1n) is 10.2. The molecule has 0 spiro atoms. The van der Waals surface area contributed by atoms with Gasteiger partial charge < -0.3 is 14.5 Å². The molecular formula is C24H32N4O2. The zero-order valence-corrected chi connectivity index (χ0v) is 18.6. The fourth-order valence-corrected chi connectivity index (χ4v) is 3.19. The molecule has 0 aliphatic heterocycles. The molecule has 6 heteroatoms. The highest BCUT2D eigenvalue weighted by molar-refractivity contribution is 5.69. The smallest absolute Gasteiger partial charge is 0.210 e. The van der Waals surface area contributed by atoms with E-state index in [9.17, 15) is 4.79 Å². The molecule has 0 radical (unpaired) electrons. The highest BCUT2D eigenvalue weighted by Crippen LogP contribution is 2.26. The molecule has 160 valence electrons. The van der Waals surface area contributed by atoms with Crippen LogP contribution in [0.1, 0.15) is 25.0 Å². The molecule has 1 amide bonds. The van der Waals surface area contributed by atoms with Crippen LogP contribution in [-0.4, -0.2) is 48.8 Å². The van der Waals surface area contributed by atoms with Gasteiger partial charge in [-0.05, 0) is 47.9 Å². The molecule has 0 aliphatic carbocycles. The Kier molecular flexibility index (Phi) is 8.94. The minimum atomic E-state index is 0.562. The maximum Gasteiger partial charge on any atom is 0.210 e. The number of hydrogen-bond donors (Lipinski definition) is 1. The third kappa shape index (κ3) is 6.11. The number of aromatic nitrogens is 2.